The molecule has 1 aliphatic rings. The first-order valence-electron chi connectivity index (χ1n) is 7.45. The van der Waals surface area contributed by atoms with Gasteiger partial charge in [0.2, 0.25) is 6.79 Å². The Morgan fingerprint density at radius 1 is 1.20 bits per heavy atom. The topological polar surface area (TPSA) is 83.4 Å². The van der Waals surface area contributed by atoms with E-state index in [4.69, 9.17) is 9.47 Å². The van der Waals surface area contributed by atoms with Crippen LogP contribution in [-0.2, 0) is 11.3 Å². The summed E-state index contributed by atoms with van der Waals surface area (Å²) < 4.78 is 11.5. The fourth-order valence-corrected chi connectivity index (χ4v) is 2.44. The van der Waals surface area contributed by atoms with E-state index in [-0.39, 0.29) is 18.9 Å². The van der Waals surface area contributed by atoms with Gasteiger partial charge in [-0.2, -0.15) is 5.26 Å². The molecule has 25 heavy (non-hydrogen) atoms. The highest BCUT2D eigenvalue weighted by Crippen LogP contribution is 2.32. The number of amides is 1. The molecule has 126 valence electrons. The van der Waals surface area contributed by atoms with Crippen LogP contribution in [0.5, 0.6) is 11.5 Å². The minimum Gasteiger partial charge on any atom is -0.454 e. The summed E-state index contributed by atoms with van der Waals surface area (Å²) in [7, 11) is 0. The SMILES string of the molecule is N#C/C(=C/Nc1ccc(Br)cc1)C(=O)NCc1ccc2c(c1)OCO2. The Morgan fingerprint density at radius 2 is 1.96 bits per heavy atom. The van der Waals surface area contributed by atoms with Crippen LogP contribution in [0, 0.1) is 11.3 Å². The van der Waals surface area contributed by atoms with Gasteiger partial charge in [-0.15, -0.1) is 0 Å². The quantitative estimate of drug-likeness (QED) is 0.595. The zero-order valence-corrected chi connectivity index (χ0v) is 14.7. The molecule has 1 amide bonds. The Morgan fingerprint density at radius 3 is 2.72 bits per heavy atom. The van der Waals surface area contributed by atoms with Gasteiger partial charge in [-0.3, -0.25) is 4.79 Å². The zero-order chi connectivity index (χ0) is 17.6. The van der Waals surface area contributed by atoms with Crippen molar-refractivity contribution < 1.29 is 14.3 Å². The fourth-order valence-electron chi connectivity index (χ4n) is 2.18. The molecule has 3 rings (SSSR count). The van der Waals surface area contributed by atoms with Gasteiger partial charge in [-0.1, -0.05) is 22.0 Å². The molecule has 0 saturated heterocycles. The van der Waals surface area contributed by atoms with E-state index in [1.54, 1.807) is 12.1 Å². The molecule has 0 fully saturated rings. The van der Waals surface area contributed by atoms with E-state index in [0.717, 1.165) is 15.7 Å². The molecule has 0 bridgehead atoms. The van der Waals surface area contributed by atoms with E-state index < -0.39 is 5.91 Å². The van der Waals surface area contributed by atoms with Crippen LogP contribution in [0.25, 0.3) is 0 Å². The second-order valence-electron chi connectivity index (χ2n) is 5.19. The number of hydrogen-bond acceptors (Lipinski definition) is 5. The van der Waals surface area contributed by atoms with Crippen LogP contribution < -0.4 is 20.1 Å². The Hall–Kier alpha value is -2.98. The van der Waals surface area contributed by atoms with E-state index in [0.29, 0.717) is 11.5 Å². The minimum atomic E-state index is -0.454. The van der Waals surface area contributed by atoms with Crippen molar-refractivity contribution in [3.05, 3.63) is 64.3 Å². The molecule has 0 saturated carbocycles. The fraction of sp³-hybridized carbons (Fsp3) is 0.111. The number of hydrogen-bond donors (Lipinski definition) is 2. The second kappa shape index (κ2) is 7.73. The molecule has 2 aromatic rings. The molecule has 0 radical (unpaired) electrons. The lowest BCUT2D eigenvalue weighted by molar-refractivity contribution is -0.117. The van der Waals surface area contributed by atoms with Gasteiger partial charge in [-0.05, 0) is 42.0 Å². The summed E-state index contributed by atoms with van der Waals surface area (Å²) >= 11 is 3.35. The van der Waals surface area contributed by atoms with Crippen molar-refractivity contribution in [3.8, 4) is 17.6 Å². The Balaban J connectivity index is 1.59. The highest BCUT2D eigenvalue weighted by Gasteiger charge is 2.14. The van der Waals surface area contributed by atoms with Gasteiger partial charge in [0.25, 0.3) is 5.91 Å². The van der Waals surface area contributed by atoms with Crippen LogP contribution in [0.2, 0.25) is 0 Å². The molecule has 0 aliphatic carbocycles. The van der Waals surface area contributed by atoms with Crippen molar-refractivity contribution >= 4 is 27.5 Å². The van der Waals surface area contributed by atoms with Crippen molar-refractivity contribution in [1.82, 2.24) is 5.32 Å². The third-order valence-electron chi connectivity index (χ3n) is 3.48. The van der Waals surface area contributed by atoms with E-state index in [1.165, 1.54) is 6.20 Å². The second-order valence-corrected chi connectivity index (χ2v) is 6.11. The van der Waals surface area contributed by atoms with Crippen molar-refractivity contribution in [2.45, 2.75) is 6.54 Å². The van der Waals surface area contributed by atoms with Gasteiger partial charge in [0.05, 0.1) is 0 Å². The molecule has 0 unspecified atom stereocenters. The number of benzene rings is 2. The molecular formula is C18H14BrN3O3. The van der Waals surface area contributed by atoms with Gasteiger partial charge in [0, 0.05) is 22.9 Å². The number of nitriles is 1. The van der Waals surface area contributed by atoms with Gasteiger partial charge in [0.15, 0.2) is 11.5 Å². The highest BCUT2D eigenvalue weighted by atomic mass is 79.9. The standard InChI is InChI=1S/C18H14BrN3O3/c19-14-2-4-15(5-3-14)21-10-13(8-20)18(23)22-9-12-1-6-16-17(7-12)25-11-24-16/h1-7,10,21H,9,11H2,(H,22,23)/b13-10-. The van der Waals surface area contributed by atoms with E-state index >= 15 is 0 Å². The molecule has 0 atom stereocenters. The summed E-state index contributed by atoms with van der Waals surface area (Å²) in [6, 6.07) is 14.7. The Labute approximate surface area is 153 Å². The molecular weight excluding hydrogens is 386 g/mol. The Kier molecular flexibility index (Phi) is 5.21. The maximum Gasteiger partial charge on any atom is 0.263 e. The number of anilines is 1. The monoisotopic (exact) mass is 399 g/mol. The highest BCUT2D eigenvalue weighted by molar-refractivity contribution is 9.10. The normalized spacial score (nSPS) is 12.4. The summed E-state index contributed by atoms with van der Waals surface area (Å²) in [6.07, 6.45) is 1.39. The largest absolute Gasteiger partial charge is 0.454 e. The average molecular weight is 400 g/mol. The van der Waals surface area contributed by atoms with E-state index in [9.17, 15) is 10.1 Å². The zero-order valence-electron chi connectivity index (χ0n) is 13.1. The molecule has 0 aromatic heterocycles. The third-order valence-corrected chi connectivity index (χ3v) is 4.01. The summed E-state index contributed by atoms with van der Waals surface area (Å²) in [5.74, 6) is 0.885. The number of carbonyl (C=O) groups is 1. The average Bonchev–Trinajstić information content (AvgIpc) is 3.09. The number of fused-ring (bicyclic) bond motifs is 1. The van der Waals surface area contributed by atoms with Gasteiger partial charge in [-0.25, -0.2) is 0 Å². The molecule has 2 N–H and O–H groups in total. The number of carbonyl (C=O) groups excluding carboxylic acids is 1. The molecule has 7 heteroatoms. The maximum atomic E-state index is 12.2. The minimum absolute atomic E-state index is 0.0105. The van der Waals surface area contributed by atoms with Crippen LogP contribution in [0.4, 0.5) is 5.69 Å². The van der Waals surface area contributed by atoms with Crippen LogP contribution in [0.15, 0.2) is 58.7 Å². The van der Waals surface area contributed by atoms with Gasteiger partial charge >= 0.3 is 0 Å². The molecule has 0 spiro atoms. The Bertz CT molecular complexity index is 857. The number of nitrogens with one attached hydrogen (secondary N) is 2. The smallest absolute Gasteiger partial charge is 0.263 e. The van der Waals surface area contributed by atoms with Crippen molar-refractivity contribution in [1.29, 1.82) is 5.26 Å². The first kappa shape index (κ1) is 16.9. The van der Waals surface area contributed by atoms with Crippen LogP contribution in [-0.4, -0.2) is 12.7 Å². The number of rotatable bonds is 5. The summed E-state index contributed by atoms with van der Waals surface area (Å²) in [5, 5.41) is 14.8. The van der Waals surface area contributed by atoms with Crippen LogP contribution in [0.1, 0.15) is 5.56 Å². The predicted octanol–water partition coefficient (Wildman–Crippen LogP) is 3.31. The summed E-state index contributed by atoms with van der Waals surface area (Å²) in [5.41, 5.74) is 1.62. The summed E-state index contributed by atoms with van der Waals surface area (Å²) in [6.45, 7) is 0.487. The van der Waals surface area contributed by atoms with Gasteiger partial charge in [0.1, 0.15) is 11.6 Å². The number of ether oxygens (including phenoxy) is 2. The third kappa shape index (κ3) is 4.31. The lowest BCUT2D eigenvalue weighted by atomic mass is 10.2. The molecule has 6 nitrogen and oxygen atoms in total. The van der Waals surface area contributed by atoms with Crippen molar-refractivity contribution in [2.24, 2.45) is 0 Å². The number of halogens is 1. The van der Waals surface area contributed by atoms with E-state index in [1.807, 2.05) is 36.4 Å². The first-order chi connectivity index (χ1) is 12.2. The molecule has 2 aromatic carbocycles. The van der Waals surface area contributed by atoms with Crippen molar-refractivity contribution in [2.75, 3.05) is 12.1 Å². The number of nitrogens with zero attached hydrogens (tertiary/aromatic N) is 1. The molecule has 1 aliphatic heterocycles. The summed E-state index contributed by atoms with van der Waals surface area (Å²) in [4.78, 5) is 12.2. The molecule has 1 heterocycles. The lowest BCUT2D eigenvalue weighted by Gasteiger charge is -2.06. The van der Waals surface area contributed by atoms with Crippen molar-refractivity contribution in [3.63, 3.8) is 0 Å². The van der Waals surface area contributed by atoms with Crippen LogP contribution in [0.3, 0.4) is 0 Å². The first-order valence-corrected chi connectivity index (χ1v) is 8.24. The van der Waals surface area contributed by atoms with Gasteiger partial charge < -0.3 is 20.1 Å². The lowest BCUT2D eigenvalue weighted by Crippen LogP contribution is -2.24. The van der Waals surface area contributed by atoms with Crippen LogP contribution >= 0.6 is 15.9 Å². The maximum absolute atomic E-state index is 12.2. The predicted molar refractivity (Wildman–Crippen MR) is 95.9 cm³/mol. The van der Waals surface area contributed by atoms with E-state index in [2.05, 4.69) is 26.6 Å².